The molecule has 3 heterocycles. The summed E-state index contributed by atoms with van der Waals surface area (Å²) in [5.74, 6) is -4.47. The summed E-state index contributed by atoms with van der Waals surface area (Å²) in [6, 6.07) is 9.76. The van der Waals surface area contributed by atoms with Crippen LogP contribution >= 0.6 is 23.2 Å². The van der Waals surface area contributed by atoms with Gasteiger partial charge in [0.05, 0.1) is 12.0 Å². The van der Waals surface area contributed by atoms with Crippen LogP contribution in [-0.4, -0.2) is 77.4 Å². The first-order chi connectivity index (χ1) is 19.3. The third-order valence-electron chi connectivity index (χ3n) is 8.44. The third-order valence-corrected chi connectivity index (χ3v) is 9.11. The molecule has 0 spiro atoms. The van der Waals surface area contributed by atoms with Gasteiger partial charge in [-0.05, 0) is 54.7 Å². The Balaban J connectivity index is 1.22. The average Bonchev–Trinajstić information content (AvgIpc) is 3.29. The molecule has 0 N–H and O–H groups in total. The van der Waals surface area contributed by atoms with Crippen molar-refractivity contribution in [2.24, 2.45) is 5.92 Å². The average molecular weight is 618 g/mol. The predicted molar refractivity (Wildman–Crippen MR) is 146 cm³/mol. The third kappa shape index (κ3) is 6.65. The van der Waals surface area contributed by atoms with Crippen molar-refractivity contribution in [1.29, 1.82) is 0 Å². The summed E-state index contributed by atoms with van der Waals surface area (Å²) < 4.78 is 65.9. The summed E-state index contributed by atoms with van der Waals surface area (Å²) in [6.07, 6.45) is -4.37. The molecule has 0 saturated carbocycles. The highest BCUT2D eigenvalue weighted by molar-refractivity contribution is 6.36. The second-order valence-corrected chi connectivity index (χ2v) is 11.9. The fourth-order valence-corrected chi connectivity index (χ4v) is 6.50. The fraction of sp³-hybridized carbons (Fsp3) is 0.517. The SMILES string of the molecule is O=C(c1ccc(-c2cc(Cl)c(CN3CC[C@@H](N4CCC(F)(F)CC4)C3=O)c(Cl)c2)cc1)N1CCC(C(F)(F)F)CC1. The summed E-state index contributed by atoms with van der Waals surface area (Å²) in [5, 5.41) is 0.739. The molecule has 2 aromatic carbocycles. The van der Waals surface area contributed by atoms with Crippen molar-refractivity contribution in [3.05, 3.63) is 57.6 Å². The minimum atomic E-state index is -4.24. The topological polar surface area (TPSA) is 43.9 Å². The zero-order valence-corrected chi connectivity index (χ0v) is 23.7. The summed E-state index contributed by atoms with van der Waals surface area (Å²) in [6.45, 7) is 1.18. The maximum atomic E-state index is 13.5. The largest absolute Gasteiger partial charge is 0.391 e. The van der Waals surface area contributed by atoms with E-state index in [0.29, 0.717) is 39.7 Å². The molecule has 0 bridgehead atoms. The number of carbonyl (C=O) groups is 2. The number of carbonyl (C=O) groups excluding carboxylic acids is 2. The molecule has 5 nitrogen and oxygen atoms in total. The molecular weight excluding hydrogens is 588 g/mol. The molecule has 3 saturated heterocycles. The molecule has 0 unspecified atom stereocenters. The molecule has 222 valence electrons. The van der Waals surface area contributed by atoms with Gasteiger partial charge in [0.1, 0.15) is 0 Å². The van der Waals surface area contributed by atoms with Crippen molar-refractivity contribution in [1.82, 2.24) is 14.7 Å². The number of alkyl halides is 5. The number of likely N-dealkylation sites (tertiary alicyclic amines) is 3. The lowest BCUT2D eigenvalue weighted by molar-refractivity contribution is -0.183. The van der Waals surface area contributed by atoms with Crippen molar-refractivity contribution < 1.29 is 31.5 Å². The van der Waals surface area contributed by atoms with Gasteiger partial charge in [0, 0.05) is 73.3 Å². The van der Waals surface area contributed by atoms with E-state index in [1.807, 2.05) is 4.90 Å². The van der Waals surface area contributed by atoms with Crippen LogP contribution in [0.4, 0.5) is 22.0 Å². The van der Waals surface area contributed by atoms with Crippen LogP contribution in [0.2, 0.25) is 10.0 Å². The second-order valence-electron chi connectivity index (χ2n) is 11.1. The first kappa shape index (κ1) is 30.0. The molecule has 41 heavy (non-hydrogen) atoms. The molecule has 5 rings (SSSR count). The zero-order chi connectivity index (χ0) is 29.5. The summed E-state index contributed by atoms with van der Waals surface area (Å²) >= 11 is 13.2. The summed E-state index contributed by atoms with van der Waals surface area (Å²) in [5.41, 5.74) is 2.42. The number of halogens is 7. The molecule has 0 radical (unpaired) electrons. The van der Waals surface area contributed by atoms with E-state index in [0.717, 1.165) is 5.56 Å². The van der Waals surface area contributed by atoms with Crippen LogP contribution in [0.15, 0.2) is 36.4 Å². The van der Waals surface area contributed by atoms with Crippen LogP contribution in [0.3, 0.4) is 0 Å². The Kier molecular flexibility index (Phi) is 8.56. The first-order valence-electron chi connectivity index (χ1n) is 13.7. The molecular formula is C29H30Cl2F5N3O2. The second kappa shape index (κ2) is 11.7. The van der Waals surface area contributed by atoms with Gasteiger partial charge in [-0.3, -0.25) is 14.5 Å². The lowest BCUT2D eigenvalue weighted by Crippen LogP contribution is -2.48. The molecule has 1 atom stereocenters. The fourth-order valence-electron chi connectivity index (χ4n) is 5.89. The van der Waals surface area contributed by atoms with Gasteiger partial charge in [-0.25, -0.2) is 8.78 Å². The van der Waals surface area contributed by atoms with Gasteiger partial charge in [0.25, 0.3) is 11.8 Å². The Labute approximate surface area is 245 Å². The molecule has 2 amide bonds. The van der Waals surface area contributed by atoms with E-state index in [9.17, 15) is 31.5 Å². The Morgan fingerprint density at radius 2 is 1.46 bits per heavy atom. The van der Waals surface area contributed by atoms with Crippen LogP contribution in [-0.2, 0) is 11.3 Å². The highest BCUT2D eigenvalue weighted by atomic mass is 35.5. The summed E-state index contributed by atoms with van der Waals surface area (Å²) in [4.78, 5) is 30.8. The van der Waals surface area contributed by atoms with Crippen LogP contribution in [0.1, 0.15) is 48.0 Å². The van der Waals surface area contributed by atoms with Crippen LogP contribution in [0.25, 0.3) is 11.1 Å². The Morgan fingerprint density at radius 3 is 2.02 bits per heavy atom. The Hall–Kier alpha value is -2.43. The predicted octanol–water partition coefficient (Wildman–Crippen LogP) is 6.91. The number of hydrogen-bond donors (Lipinski definition) is 0. The number of piperidine rings is 2. The Bertz CT molecular complexity index is 1260. The van der Waals surface area contributed by atoms with Gasteiger partial charge in [-0.1, -0.05) is 35.3 Å². The maximum Gasteiger partial charge on any atom is 0.391 e. The Morgan fingerprint density at radius 1 is 0.878 bits per heavy atom. The van der Waals surface area contributed by atoms with Gasteiger partial charge in [-0.2, -0.15) is 13.2 Å². The van der Waals surface area contributed by atoms with Gasteiger partial charge >= 0.3 is 6.18 Å². The maximum absolute atomic E-state index is 13.5. The minimum Gasteiger partial charge on any atom is -0.339 e. The number of amides is 2. The number of benzene rings is 2. The molecule has 3 aliphatic rings. The van der Waals surface area contributed by atoms with Gasteiger partial charge in [0.2, 0.25) is 5.91 Å². The molecule has 2 aromatic rings. The highest BCUT2D eigenvalue weighted by Gasteiger charge is 2.43. The highest BCUT2D eigenvalue weighted by Crippen LogP contribution is 2.36. The van der Waals surface area contributed by atoms with Crippen LogP contribution < -0.4 is 0 Å². The van der Waals surface area contributed by atoms with E-state index in [4.69, 9.17) is 23.2 Å². The van der Waals surface area contributed by atoms with Crippen LogP contribution in [0.5, 0.6) is 0 Å². The monoisotopic (exact) mass is 617 g/mol. The summed E-state index contributed by atoms with van der Waals surface area (Å²) in [7, 11) is 0. The lowest BCUT2D eigenvalue weighted by Gasteiger charge is -2.34. The van der Waals surface area contributed by atoms with Crippen molar-refractivity contribution in [3.63, 3.8) is 0 Å². The van der Waals surface area contributed by atoms with E-state index in [1.54, 1.807) is 41.3 Å². The lowest BCUT2D eigenvalue weighted by atomic mass is 9.95. The van der Waals surface area contributed by atoms with E-state index in [-0.39, 0.29) is 70.2 Å². The van der Waals surface area contributed by atoms with E-state index in [2.05, 4.69) is 0 Å². The van der Waals surface area contributed by atoms with Crippen molar-refractivity contribution in [2.45, 2.75) is 56.8 Å². The normalized spacial score (nSPS) is 22.4. The molecule has 3 fully saturated rings. The van der Waals surface area contributed by atoms with Gasteiger partial charge in [-0.15, -0.1) is 0 Å². The number of hydrogen-bond acceptors (Lipinski definition) is 3. The van der Waals surface area contributed by atoms with Crippen molar-refractivity contribution in [2.75, 3.05) is 32.7 Å². The van der Waals surface area contributed by atoms with E-state index < -0.39 is 24.1 Å². The quantitative estimate of drug-likeness (QED) is 0.343. The minimum absolute atomic E-state index is 0.0612. The molecule has 0 aromatic heterocycles. The smallest absolute Gasteiger partial charge is 0.339 e. The number of nitrogens with zero attached hydrogens (tertiary/aromatic N) is 3. The molecule has 0 aliphatic carbocycles. The van der Waals surface area contributed by atoms with Gasteiger partial charge in [0.15, 0.2) is 0 Å². The van der Waals surface area contributed by atoms with Crippen molar-refractivity contribution >= 4 is 35.0 Å². The van der Waals surface area contributed by atoms with E-state index >= 15 is 0 Å². The van der Waals surface area contributed by atoms with Crippen molar-refractivity contribution in [3.8, 4) is 11.1 Å². The molecule has 12 heteroatoms. The molecule has 3 aliphatic heterocycles. The standard InChI is InChI=1S/C29H30Cl2F5N3O2/c30-23-15-20(18-1-3-19(4-2-18)26(40)38-10-5-21(6-11-38)29(34,35)36)16-24(31)22(23)17-39-12-7-25(27(39)41)37-13-8-28(32,33)9-14-37/h1-4,15-16,21,25H,5-14,17H2/t25-/m1/s1. The zero-order valence-electron chi connectivity index (χ0n) is 22.2. The van der Waals surface area contributed by atoms with Gasteiger partial charge < -0.3 is 9.80 Å². The number of rotatable bonds is 5. The van der Waals surface area contributed by atoms with E-state index in [1.165, 1.54) is 4.90 Å². The van der Waals surface area contributed by atoms with Crippen LogP contribution in [0, 0.1) is 5.92 Å². The first-order valence-corrected chi connectivity index (χ1v) is 14.4.